The van der Waals surface area contributed by atoms with E-state index in [0.29, 0.717) is 24.8 Å². The van der Waals surface area contributed by atoms with Gasteiger partial charge in [-0.2, -0.15) is 0 Å². The molecule has 2 heterocycles. The van der Waals surface area contributed by atoms with Crippen molar-refractivity contribution in [2.75, 3.05) is 6.61 Å². The molecule has 2 aliphatic rings. The molecule has 78 valence electrons. The lowest BCUT2D eigenvalue weighted by Crippen LogP contribution is -1.98. The fraction of sp³-hybridized carbons (Fsp3) is 0.636. The van der Waals surface area contributed by atoms with Gasteiger partial charge in [0.1, 0.15) is 0 Å². The Morgan fingerprint density at radius 1 is 1.43 bits per heavy atom. The molecular weight excluding hydrogens is 180 g/mol. The highest BCUT2D eigenvalue weighted by Crippen LogP contribution is 2.31. The summed E-state index contributed by atoms with van der Waals surface area (Å²) in [5.41, 5.74) is 0. The van der Waals surface area contributed by atoms with Crippen LogP contribution in [0, 0.1) is 0 Å². The van der Waals surface area contributed by atoms with Gasteiger partial charge in [-0.15, -0.1) is 0 Å². The number of hydrogen-bond donors (Lipinski definition) is 0. The van der Waals surface area contributed by atoms with E-state index in [0.717, 1.165) is 12.2 Å². The second kappa shape index (κ2) is 4.05. The van der Waals surface area contributed by atoms with Gasteiger partial charge < -0.3 is 14.2 Å². The monoisotopic (exact) mass is 196 g/mol. The third-order valence-corrected chi connectivity index (χ3v) is 2.44. The topological polar surface area (TPSA) is 34.3 Å². The number of rotatable bonds is 7. The first-order valence-electron chi connectivity index (χ1n) is 5.18. The molecule has 14 heavy (non-hydrogen) atoms. The maximum Gasteiger partial charge on any atom is 0.330 e. The third kappa shape index (κ3) is 2.29. The summed E-state index contributed by atoms with van der Waals surface area (Å²) in [6.07, 6.45) is 5.88. The van der Waals surface area contributed by atoms with Crippen molar-refractivity contribution in [3.63, 3.8) is 0 Å². The molecule has 0 saturated carbocycles. The molecule has 2 atom stereocenters. The average Bonchev–Trinajstić information content (AvgIpc) is 3.05. The van der Waals surface area contributed by atoms with E-state index >= 15 is 0 Å². The van der Waals surface area contributed by atoms with Crippen molar-refractivity contribution < 1.29 is 14.2 Å². The minimum atomic E-state index is 0.418. The van der Waals surface area contributed by atoms with E-state index in [1.54, 1.807) is 6.08 Å². The van der Waals surface area contributed by atoms with Crippen molar-refractivity contribution >= 4 is 0 Å². The van der Waals surface area contributed by atoms with Gasteiger partial charge >= 0.3 is 5.95 Å². The number of ether oxygens (including phenoxy) is 3. The van der Waals surface area contributed by atoms with E-state index in [-0.39, 0.29) is 0 Å². The van der Waals surface area contributed by atoms with Crippen molar-refractivity contribution in [3.05, 3.63) is 24.4 Å². The summed E-state index contributed by atoms with van der Waals surface area (Å²) in [6, 6.07) is 0. The van der Waals surface area contributed by atoms with Crippen LogP contribution in [-0.4, -0.2) is 18.8 Å². The van der Waals surface area contributed by atoms with Crippen LogP contribution >= 0.6 is 0 Å². The molecule has 0 aromatic rings. The minimum Gasteiger partial charge on any atom is -0.462 e. The van der Waals surface area contributed by atoms with Gasteiger partial charge in [-0.3, -0.25) is 0 Å². The lowest BCUT2D eigenvalue weighted by atomic mass is 10.2. The summed E-state index contributed by atoms with van der Waals surface area (Å²) < 4.78 is 15.8. The van der Waals surface area contributed by atoms with Crippen LogP contribution in [0.25, 0.3) is 0 Å². The number of epoxide rings is 1. The quantitative estimate of drug-likeness (QED) is 0.586. The second-order valence-electron chi connectivity index (χ2n) is 3.60. The largest absolute Gasteiger partial charge is 0.462 e. The molecule has 0 aliphatic carbocycles. The lowest BCUT2D eigenvalue weighted by molar-refractivity contribution is 0.145. The summed E-state index contributed by atoms with van der Waals surface area (Å²) in [7, 11) is 0. The van der Waals surface area contributed by atoms with Crippen molar-refractivity contribution in [3.8, 4) is 0 Å². The Kier molecular flexibility index (Phi) is 2.77. The van der Waals surface area contributed by atoms with E-state index in [1.807, 2.05) is 0 Å². The molecule has 1 saturated heterocycles. The van der Waals surface area contributed by atoms with E-state index in [2.05, 4.69) is 13.5 Å². The zero-order chi connectivity index (χ0) is 9.97. The summed E-state index contributed by atoms with van der Waals surface area (Å²) >= 11 is 0. The van der Waals surface area contributed by atoms with Gasteiger partial charge in [0, 0.05) is 6.42 Å². The maximum absolute atomic E-state index is 5.46. The summed E-state index contributed by atoms with van der Waals surface area (Å²) in [5.74, 6) is 1.40. The predicted molar refractivity (Wildman–Crippen MR) is 52.4 cm³/mol. The minimum absolute atomic E-state index is 0.418. The molecule has 0 N–H and O–H groups in total. The Morgan fingerprint density at radius 2 is 2.21 bits per heavy atom. The third-order valence-electron chi connectivity index (χ3n) is 2.44. The number of allylic oxidation sites excluding steroid dienone is 1. The Balaban J connectivity index is 1.53. The second-order valence-corrected chi connectivity index (χ2v) is 3.60. The zero-order valence-electron chi connectivity index (χ0n) is 8.49. The highest BCUT2D eigenvalue weighted by atomic mass is 16.7. The fourth-order valence-electron chi connectivity index (χ4n) is 1.54. The molecular formula is C11H16O3. The SMILES string of the molecule is C=CC1=C(OCCC2OC2CCC)O1. The van der Waals surface area contributed by atoms with Gasteiger partial charge in [-0.1, -0.05) is 19.9 Å². The van der Waals surface area contributed by atoms with Crippen molar-refractivity contribution in [2.24, 2.45) is 0 Å². The molecule has 3 nitrogen and oxygen atoms in total. The van der Waals surface area contributed by atoms with Crippen LogP contribution in [-0.2, 0) is 14.2 Å². The summed E-state index contributed by atoms with van der Waals surface area (Å²) in [6.45, 7) is 6.43. The van der Waals surface area contributed by atoms with Crippen LogP contribution in [0.4, 0.5) is 0 Å². The Bertz CT molecular complexity index is 257. The molecule has 0 aromatic carbocycles. The number of hydrogen-bond acceptors (Lipinski definition) is 3. The van der Waals surface area contributed by atoms with Gasteiger partial charge in [0.15, 0.2) is 0 Å². The van der Waals surface area contributed by atoms with Crippen LogP contribution in [0.15, 0.2) is 24.4 Å². The van der Waals surface area contributed by atoms with Gasteiger partial charge in [-0.25, -0.2) is 0 Å². The van der Waals surface area contributed by atoms with Crippen molar-refractivity contribution in [2.45, 2.75) is 38.4 Å². The summed E-state index contributed by atoms with van der Waals surface area (Å²) in [5, 5.41) is 0. The molecule has 0 aromatic heterocycles. The molecule has 2 unspecified atom stereocenters. The molecule has 1 fully saturated rings. The van der Waals surface area contributed by atoms with Gasteiger partial charge in [0.25, 0.3) is 0 Å². The Labute approximate surface area is 84.3 Å². The summed E-state index contributed by atoms with van der Waals surface area (Å²) in [4.78, 5) is 0. The standard InChI is InChI=1S/C11H16O3/c1-3-5-9-10(13-9)6-7-12-11-8(4-2)14-11/h4,9-10H,2-3,5-7H2,1H3. The van der Waals surface area contributed by atoms with Crippen molar-refractivity contribution in [1.82, 2.24) is 0 Å². The van der Waals surface area contributed by atoms with Crippen molar-refractivity contribution in [1.29, 1.82) is 0 Å². The van der Waals surface area contributed by atoms with Gasteiger partial charge in [-0.05, 0) is 12.5 Å². The van der Waals surface area contributed by atoms with E-state index < -0.39 is 0 Å². The molecule has 2 aliphatic heterocycles. The normalized spacial score (nSPS) is 28.4. The van der Waals surface area contributed by atoms with Crippen LogP contribution in [0.1, 0.15) is 26.2 Å². The highest BCUT2D eigenvalue weighted by molar-refractivity contribution is 5.22. The first kappa shape index (κ1) is 9.59. The van der Waals surface area contributed by atoms with Crippen LogP contribution in [0.5, 0.6) is 0 Å². The molecule has 0 bridgehead atoms. The van der Waals surface area contributed by atoms with E-state index in [1.165, 1.54) is 12.8 Å². The van der Waals surface area contributed by atoms with Crippen LogP contribution < -0.4 is 0 Å². The fourth-order valence-corrected chi connectivity index (χ4v) is 1.54. The van der Waals surface area contributed by atoms with Gasteiger partial charge in [0.2, 0.25) is 5.76 Å². The highest BCUT2D eigenvalue weighted by Gasteiger charge is 2.37. The molecule has 0 amide bonds. The molecule has 0 radical (unpaired) electrons. The molecule has 0 spiro atoms. The predicted octanol–water partition coefficient (Wildman–Crippen LogP) is 2.35. The average molecular weight is 196 g/mol. The van der Waals surface area contributed by atoms with Gasteiger partial charge in [0.05, 0.1) is 18.8 Å². The zero-order valence-corrected chi connectivity index (χ0v) is 8.49. The maximum atomic E-state index is 5.46. The molecule has 3 heteroatoms. The lowest BCUT2D eigenvalue weighted by Gasteiger charge is -1.95. The Morgan fingerprint density at radius 3 is 2.86 bits per heavy atom. The first-order valence-corrected chi connectivity index (χ1v) is 5.18. The van der Waals surface area contributed by atoms with E-state index in [4.69, 9.17) is 14.2 Å². The Hall–Kier alpha value is -0.960. The first-order chi connectivity index (χ1) is 6.85. The molecule has 2 rings (SSSR count). The van der Waals surface area contributed by atoms with Crippen LogP contribution in [0.3, 0.4) is 0 Å². The van der Waals surface area contributed by atoms with E-state index in [9.17, 15) is 0 Å². The van der Waals surface area contributed by atoms with Crippen LogP contribution in [0.2, 0.25) is 0 Å². The smallest absolute Gasteiger partial charge is 0.330 e.